The molecule has 0 atom stereocenters. The third-order valence-electron chi connectivity index (χ3n) is 6.17. The third kappa shape index (κ3) is 4.87. The van der Waals surface area contributed by atoms with Gasteiger partial charge in [0.2, 0.25) is 0 Å². The van der Waals surface area contributed by atoms with Crippen molar-refractivity contribution in [2.75, 3.05) is 0 Å². The molecule has 36 heavy (non-hydrogen) atoms. The number of carbonyl (C=O) groups excluding carboxylic acids is 2. The van der Waals surface area contributed by atoms with Crippen LogP contribution >= 0.6 is 0 Å². The van der Waals surface area contributed by atoms with Crippen molar-refractivity contribution < 1.29 is 19.1 Å². The summed E-state index contributed by atoms with van der Waals surface area (Å²) in [5.74, 6) is 0. The molecule has 0 radical (unpaired) electrons. The van der Waals surface area contributed by atoms with Crippen molar-refractivity contribution in [2.45, 2.75) is 73.5 Å². The first-order valence-corrected chi connectivity index (χ1v) is 21.0. The van der Waals surface area contributed by atoms with E-state index in [1.165, 1.54) is 0 Å². The fourth-order valence-corrected chi connectivity index (χ4v) is 25.6. The zero-order valence-electron chi connectivity index (χ0n) is 23.0. The van der Waals surface area contributed by atoms with E-state index in [2.05, 4.69) is 0 Å². The van der Waals surface area contributed by atoms with Crippen molar-refractivity contribution in [3.63, 3.8) is 0 Å². The number of ether oxygens (including phenoxy) is 2. The van der Waals surface area contributed by atoms with Gasteiger partial charge >= 0.3 is 218 Å². The molecule has 0 saturated heterocycles. The van der Waals surface area contributed by atoms with Crippen LogP contribution in [-0.4, -0.2) is 37.3 Å². The predicted molar refractivity (Wildman–Crippen MR) is 151 cm³/mol. The molecular formula is C31H39BiO4. The molecule has 0 saturated carbocycles. The summed E-state index contributed by atoms with van der Waals surface area (Å²) >= 11 is -6.16. The van der Waals surface area contributed by atoms with E-state index < -0.39 is 37.3 Å². The molecule has 192 valence electrons. The number of hydrogen-bond acceptors (Lipinski definition) is 4. The first-order valence-electron chi connectivity index (χ1n) is 12.3. The molecule has 0 aliphatic carbocycles. The zero-order valence-corrected chi connectivity index (χ0v) is 26.5. The van der Waals surface area contributed by atoms with Crippen molar-refractivity contribution in [2.24, 2.45) is 0 Å². The standard InChI is InChI=1S/3C7H7.2C5H9O2.Bi/c3*1-7-5-3-2-4-6-7;2*1-5(2,3)7-4-6;/h3*3-6H,1H3;2*1-3H3;. The molecule has 0 heterocycles. The average Bonchev–Trinajstić information content (AvgIpc) is 2.75. The van der Waals surface area contributed by atoms with Crippen LogP contribution in [0.5, 0.6) is 0 Å². The van der Waals surface area contributed by atoms with Crippen molar-refractivity contribution in [3.05, 3.63) is 89.5 Å². The van der Waals surface area contributed by atoms with Crippen LogP contribution < -0.4 is 9.81 Å². The van der Waals surface area contributed by atoms with Gasteiger partial charge in [-0.05, 0) is 0 Å². The summed E-state index contributed by atoms with van der Waals surface area (Å²) < 4.78 is 13.6. The Bertz CT molecular complexity index is 1100. The fourth-order valence-electron chi connectivity index (χ4n) is 4.39. The molecule has 0 N–H and O–H groups in total. The molecule has 0 aliphatic rings. The van der Waals surface area contributed by atoms with Gasteiger partial charge in [0.1, 0.15) is 0 Å². The zero-order chi connectivity index (χ0) is 27.0. The molecule has 3 aromatic rings. The second-order valence-corrected chi connectivity index (χ2v) is 29.1. The number of benzene rings is 3. The molecule has 0 bridgehead atoms. The van der Waals surface area contributed by atoms with Gasteiger partial charge in [-0.25, -0.2) is 0 Å². The second kappa shape index (κ2) is 9.74. The Morgan fingerprint density at radius 2 is 0.722 bits per heavy atom. The van der Waals surface area contributed by atoms with Crippen LogP contribution in [0, 0.1) is 20.8 Å². The molecule has 0 unspecified atom stereocenters. The van der Waals surface area contributed by atoms with E-state index in [1.54, 1.807) is 0 Å². The molecule has 3 rings (SSSR count). The maximum absolute atomic E-state index is 15.0. The topological polar surface area (TPSA) is 52.6 Å². The van der Waals surface area contributed by atoms with E-state index in [4.69, 9.17) is 9.47 Å². The van der Waals surface area contributed by atoms with Gasteiger partial charge in [-0.2, -0.15) is 0 Å². The summed E-state index contributed by atoms with van der Waals surface area (Å²) in [6, 6.07) is 23.3. The SMILES string of the molecule is Cc1cc[c]([Bi]([C](=O)OC(C)(C)C)([C](=O)OC(C)(C)C)([c]2ccc(C)cc2)[c]2ccc(C)cc2)cc1. The van der Waals surface area contributed by atoms with E-state index in [-0.39, 0.29) is 0 Å². The van der Waals surface area contributed by atoms with Gasteiger partial charge in [0.05, 0.1) is 0 Å². The minimum absolute atomic E-state index is 0.487. The van der Waals surface area contributed by atoms with Crippen LogP contribution in [0.2, 0.25) is 0 Å². The molecule has 3 aromatic carbocycles. The van der Waals surface area contributed by atoms with Gasteiger partial charge in [0.15, 0.2) is 0 Å². The normalized spacial score (nSPS) is 13.4. The number of carbonyl (C=O) groups is 2. The molecule has 4 nitrogen and oxygen atoms in total. The van der Waals surface area contributed by atoms with Crippen molar-refractivity contribution in [1.29, 1.82) is 0 Å². The average molecular weight is 685 g/mol. The van der Waals surface area contributed by atoms with E-state index in [0.717, 1.165) is 16.7 Å². The Labute approximate surface area is 217 Å². The number of aryl methyl sites for hydroxylation is 3. The Hall–Kier alpha value is -2.52. The quantitative estimate of drug-likeness (QED) is 0.307. The van der Waals surface area contributed by atoms with Gasteiger partial charge in [0.25, 0.3) is 0 Å². The molecule has 0 aromatic heterocycles. The summed E-state index contributed by atoms with van der Waals surface area (Å²) in [6.07, 6.45) is 0. The Morgan fingerprint density at radius 3 is 0.917 bits per heavy atom. The summed E-state index contributed by atoms with van der Waals surface area (Å²) in [5.41, 5.74) is 1.49. The van der Waals surface area contributed by atoms with Crippen molar-refractivity contribution in [3.8, 4) is 0 Å². The first kappa shape index (κ1) is 28.1. The van der Waals surface area contributed by atoms with Crippen molar-refractivity contribution in [1.82, 2.24) is 0 Å². The fraction of sp³-hybridized carbons (Fsp3) is 0.355. The summed E-state index contributed by atoms with van der Waals surface area (Å²) in [7, 11) is 0. The predicted octanol–water partition coefficient (Wildman–Crippen LogP) is 6.07. The van der Waals surface area contributed by atoms with Crippen LogP contribution in [0.1, 0.15) is 58.2 Å². The van der Waals surface area contributed by atoms with E-state index in [1.807, 2.05) is 135 Å². The van der Waals surface area contributed by atoms with Crippen molar-refractivity contribution >= 4 is 36.0 Å². The van der Waals surface area contributed by atoms with E-state index >= 15 is 0 Å². The molecule has 0 aliphatic heterocycles. The Morgan fingerprint density at radius 1 is 0.500 bits per heavy atom. The maximum atomic E-state index is 15.0. The van der Waals surface area contributed by atoms with Gasteiger partial charge in [-0.3, -0.25) is 0 Å². The number of hydrogen-bond donors (Lipinski definition) is 0. The monoisotopic (exact) mass is 684 g/mol. The molecule has 0 fully saturated rings. The van der Waals surface area contributed by atoms with Crippen LogP contribution in [0.25, 0.3) is 0 Å². The molecule has 0 amide bonds. The van der Waals surface area contributed by atoms with Gasteiger partial charge in [0, 0.05) is 0 Å². The first-order chi connectivity index (χ1) is 16.6. The second-order valence-electron chi connectivity index (χ2n) is 11.6. The Balaban J connectivity index is 2.68. The molecular weight excluding hydrogens is 645 g/mol. The van der Waals surface area contributed by atoms with Crippen LogP contribution in [-0.2, 0) is 9.47 Å². The van der Waals surface area contributed by atoms with Gasteiger partial charge < -0.3 is 0 Å². The molecule has 0 spiro atoms. The van der Waals surface area contributed by atoms with Crippen LogP contribution in [0.15, 0.2) is 72.8 Å². The number of rotatable bonds is 5. The summed E-state index contributed by atoms with van der Waals surface area (Å²) in [6.45, 7) is 17.0. The minimum atomic E-state index is -6.16. The van der Waals surface area contributed by atoms with E-state index in [0.29, 0.717) is 9.81 Å². The van der Waals surface area contributed by atoms with E-state index in [9.17, 15) is 9.59 Å². The van der Waals surface area contributed by atoms with Gasteiger partial charge in [-0.15, -0.1) is 0 Å². The van der Waals surface area contributed by atoms with Crippen LogP contribution in [0.4, 0.5) is 9.59 Å². The summed E-state index contributed by atoms with van der Waals surface area (Å²) in [4.78, 5) is 29.9. The van der Waals surface area contributed by atoms with Crippen LogP contribution in [0.3, 0.4) is 0 Å². The third-order valence-corrected chi connectivity index (χ3v) is 28.1. The molecule has 5 heteroatoms. The summed E-state index contributed by atoms with van der Waals surface area (Å²) in [5, 5.41) is 0. The Kier molecular flexibility index (Phi) is 7.59. The van der Waals surface area contributed by atoms with Gasteiger partial charge in [-0.1, -0.05) is 0 Å².